The average Bonchev–Trinajstić information content (AvgIpc) is 3.22. The van der Waals surface area contributed by atoms with Gasteiger partial charge in [-0.15, -0.1) is 0 Å². The van der Waals surface area contributed by atoms with E-state index in [0.29, 0.717) is 24.3 Å². The van der Waals surface area contributed by atoms with Gasteiger partial charge in [-0.25, -0.2) is 4.79 Å². The van der Waals surface area contributed by atoms with Crippen molar-refractivity contribution in [3.63, 3.8) is 0 Å². The molecular formula is C24H23F3N2O6. The molecule has 0 saturated carbocycles. The van der Waals surface area contributed by atoms with Gasteiger partial charge in [0.15, 0.2) is 6.61 Å². The molecule has 1 aliphatic heterocycles. The fourth-order valence-corrected chi connectivity index (χ4v) is 3.40. The highest BCUT2D eigenvalue weighted by atomic mass is 19.4. The van der Waals surface area contributed by atoms with Crippen LogP contribution < -0.4 is 10.2 Å². The number of benzene rings is 2. The van der Waals surface area contributed by atoms with Crippen molar-refractivity contribution in [3.8, 4) is 0 Å². The van der Waals surface area contributed by atoms with Gasteiger partial charge < -0.3 is 19.7 Å². The molecular weight excluding hydrogens is 469 g/mol. The molecule has 2 aromatic rings. The van der Waals surface area contributed by atoms with Gasteiger partial charge in [0, 0.05) is 24.3 Å². The summed E-state index contributed by atoms with van der Waals surface area (Å²) >= 11 is 0. The summed E-state index contributed by atoms with van der Waals surface area (Å²) in [6.07, 6.45) is -4.00. The third kappa shape index (κ3) is 6.81. The van der Waals surface area contributed by atoms with Crippen LogP contribution in [0.15, 0.2) is 48.5 Å². The molecule has 1 atom stereocenters. The van der Waals surface area contributed by atoms with Crippen molar-refractivity contribution < 1.29 is 41.8 Å². The fourth-order valence-electron chi connectivity index (χ4n) is 3.40. The minimum absolute atomic E-state index is 0.0204. The van der Waals surface area contributed by atoms with E-state index in [-0.39, 0.29) is 24.6 Å². The summed E-state index contributed by atoms with van der Waals surface area (Å²) in [5, 5.41) is 2.24. The fraction of sp³-hybridized carbons (Fsp3) is 0.333. The molecule has 2 aromatic carbocycles. The number of carbonyl (C=O) groups is 4. The topological polar surface area (TPSA) is 102 Å². The van der Waals surface area contributed by atoms with Gasteiger partial charge in [0.05, 0.1) is 23.7 Å². The summed E-state index contributed by atoms with van der Waals surface area (Å²) in [5.74, 6) is -3.22. The molecule has 1 fully saturated rings. The van der Waals surface area contributed by atoms with Crippen molar-refractivity contribution in [1.82, 2.24) is 0 Å². The van der Waals surface area contributed by atoms with Gasteiger partial charge >= 0.3 is 18.1 Å². The number of anilines is 2. The van der Waals surface area contributed by atoms with Crippen LogP contribution in [-0.4, -0.2) is 43.5 Å². The standard InChI is InChI=1S/C24H23F3N2O6/c1-2-10-34-22(32)15-6-8-19(9-7-15)29-13-16(11-21(29)31)23(33)35-14-20(30)28-18-5-3-4-17(12-18)24(25,26)27/h3-9,12,16H,2,10-11,13-14H2,1H3,(H,28,30)/t16-/m0/s1. The summed E-state index contributed by atoms with van der Waals surface area (Å²) in [5.41, 5.74) is -0.205. The van der Waals surface area contributed by atoms with Crippen LogP contribution in [0, 0.1) is 5.92 Å². The first-order chi connectivity index (χ1) is 16.6. The van der Waals surface area contributed by atoms with Crippen molar-refractivity contribution in [1.29, 1.82) is 0 Å². The molecule has 0 spiro atoms. The first kappa shape index (κ1) is 25.7. The molecule has 2 amide bonds. The summed E-state index contributed by atoms with van der Waals surface area (Å²) < 4.78 is 48.4. The van der Waals surface area contributed by atoms with Crippen molar-refractivity contribution >= 4 is 35.1 Å². The number of alkyl halides is 3. The van der Waals surface area contributed by atoms with Gasteiger partial charge in [-0.05, 0) is 48.9 Å². The first-order valence-electron chi connectivity index (χ1n) is 10.8. The summed E-state index contributed by atoms with van der Waals surface area (Å²) in [6, 6.07) is 10.2. The van der Waals surface area contributed by atoms with Crippen molar-refractivity contribution in [3.05, 3.63) is 59.7 Å². The number of ether oxygens (including phenoxy) is 2. The largest absolute Gasteiger partial charge is 0.462 e. The zero-order chi connectivity index (χ0) is 25.6. The Morgan fingerprint density at radius 2 is 1.80 bits per heavy atom. The lowest BCUT2D eigenvalue weighted by Gasteiger charge is -2.17. The second-order valence-electron chi connectivity index (χ2n) is 7.82. The molecule has 0 bridgehead atoms. The number of rotatable bonds is 8. The van der Waals surface area contributed by atoms with E-state index in [1.165, 1.54) is 23.1 Å². The zero-order valence-corrected chi connectivity index (χ0v) is 18.8. The number of hydrogen-bond acceptors (Lipinski definition) is 6. The van der Waals surface area contributed by atoms with Crippen LogP contribution in [0.3, 0.4) is 0 Å². The van der Waals surface area contributed by atoms with E-state index in [1.807, 2.05) is 6.92 Å². The maximum Gasteiger partial charge on any atom is 0.416 e. The molecule has 35 heavy (non-hydrogen) atoms. The Morgan fingerprint density at radius 3 is 2.46 bits per heavy atom. The van der Waals surface area contributed by atoms with Crippen LogP contribution in [-0.2, 0) is 30.0 Å². The van der Waals surface area contributed by atoms with Crippen LogP contribution in [0.25, 0.3) is 0 Å². The number of carbonyl (C=O) groups excluding carboxylic acids is 4. The molecule has 1 heterocycles. The van der Waals surface area contributed by atoms with Crippen molar-refractivity contribution in [2.24, 2.45) is 5.92 Å². The van der Waals surface area contributed by atoms with Gasteiger partial charge in [0.1, 0.15) is 0 Å². The molecule has 1 saturated heterocycles. The zero-order valence-electron chi connectivity index (χ0n) is 18.8. The highest BCUT2D eigenvalue weighted by Crippen LogP contribution is 2.30. The number of halogens is 3. The lowest BCUT2D eigenvalue weighted by atomic mass is 10.1. The van der Waals surface area contributed by atoms with Crippen LogP contribution in [0.4, 0.5) is 24.5 Å². The van der Waals surface area contributed by atoms with Gasteiger partial charge in [0.2, 0.25) is 5.91 Å². The van der Waals surface area contributed by atoms with E-state index < -0.39 is 42.1 Å². The van der Waals surface area contributed by atoms with Crippen molar-refractivity contribution in [2.75, 3.05) is 30.0 Å². The molecule has 11 heteroatoms. The number of nitrogens with one attached hydrogen (secondary N) is 1. The van der Waals surface area contributed by atoms with Crippen LogP contribution in [0.5, 0.6) is 0 Å². The molecule has 186 valence electrons. The van der Waals surface area contributed by atoms with Crippen LogP contribution >= 0.6 is 0 Å². The molecule has 0 aromatic heterocycles. The Labute approximate surface area is 199 Å². The Kier molecular flexibility index (Phi) is 8.10. The molecule has 3 rings (SSSR count). The molecule has 0 radical (unpaired) electrons. The maximum atomic E-state index is 12.8. The quantitative estimate of drug-likeness (QED) is 0.563. The molecule has 8 nitrogen and oxygen atoms in total. The molecule has 0 unspecified atom stereocenters. The van der Waals surface area contributed by atoms with Gasteiger partial charge in [0.25, 0.3) is 5.91 Å². The smallest absolute Gasteiger partial charge is 0.416 e. The van der Waals surface area contributed by atoms with Gasteiger partial charge in [-0.1, -0.05) is 13.0 Å². The second kappa shape index (κ2) is 11.0. The maximum absolute atomic E-state index is 12.8. The predicted molar refractivity (Wildman–Crippen MR) is 119 cm³/mol. The Bertz CT molecular complexity index is 1100. The van der Waals surface area contributed by atoms with E-state index in [2.05, 4.69) is 5.32 Å². The second-order valence-corrected chi connectivity index (χ2v) is 7.82. The number of amides is 2. The summed E-state index contributed by atoms with van der Waals surface area (Å²) in [4.78, 5) is 50.0. The Balaban J connectivity index is 1.52. The Hall–Kier alpha value is -3.89. The molecule has 0 aliphatic carbocycles. The first-order valence-corrected chi connectivity index (χ1v) is 10.8. The summed E-state index contributed by atoms with van der Waals surface area (Å²) in [6.45, 7) is 1.48. The van der Waals surface area contributed by atoms with E-state index >= 15 is 0 Å². The third-order valence-corrected chi connectivity index (χ3v) is 5.13. The number of hydrogen-bond donors (Lipinski definition) is 1. The van der Waals surface area contributed by atoms with E-state index in [4.69, 9.17) is 9.47 Å². The predicted octanol–water partition coefficient (Wildman–Crippen LogP) is 3.81. The monoisotopic (exact) mass is 492 g/mol. The van der Waals surface area contributed by atoms with Gasteiger partial charge in [-0.2, -0.15) is 13.2 Å². The SMILES string of the molecule is CCCOC(=O)c1ccc(N2C[C@@H](C(=O)OCC(=O)Nc3cccc(C(F)(F)F)c3)CC2=O)cc1. The lowest BCUT2D eigenvalue weighted by Crippen LogP contribution is -2.28. The third-order valence-electron chi connectivity index (χ3n) is 5.13. The van der Waals surface area contributed by atoms with Crippen molar-refractivity contribution in [2.45, 2.75) is 25.9 Å². The lowest BCUT2D eigenvalue weighted by molar-refractivity contribution is -0.151. The highest BCUT2D eigenvalue weighted by molar-refractivity contribution is 6.00. The van der Waals surface area contributed by atoms with Crippen LogP contribution in [0.1, 0.15) is 35.7 Å². The minimum atomic E-state index is -4.56. The average molecular weight is 492 g/mol. The normalized spacial score (nSPS) is 15.6. The highest BCUT2D eigenvalue weighted by Gasteiger charge is 2.36. The molecule has 1 N–H and O–H groups in total. The Morgan fingerprint density at radius 1 is 1.09 bits per heavy atom. The number of esters is 2. The van der Waals surface area contributed by atoms with E-state index in [9.17, 15) is 32.3 Å². The van der Waals surface area contributed by atoms with E-state index in [0.717, 1.165) is 18.2 Å². The molecule has 1 aliphatic rings. The summed E-state index contributed by atoms with van der Waals surface area (Å²) in [7, 11) is 0. The van der Waals surface area contributed by atoms with Gasteiger partial charge in [-0.3, -0.25) is 14.4 Å². The van der Waals surface area contributed by atoms with E-state index in [1.54, 1.807) is 12.1 Å². The minimum Gasteiger partial charge on any atom is -0.462 e. The number of nitrogens with zero attached hydrogens (tertiary/aromatic N) is 1. The van der Waals surface area contributed by atoms with Crippen LogP contribution in [0.2, 0.25) is 0 Å².